The zero-order chi connectivity index (χ0) is 22.3. The summed E-state index contributed by atoms with van der Waals surface area (Å²) in [7, 11) is 0. The Hall–Kier alpha value is -3.87. The Morgan fingerprint density at radius 1 is 0.969 bits per heavy atom. The topological polar surface area (TPSA) is 78.3 Å². The third kappa shape index (κ3) is 4.72. The molecule has 7 heteroatoms. The van der Waals surface area contributed by atoms with Crippen molar-refractivity contribution < 1.29 is 14.3 Å². The molecule has 164 valence electrons. The summed E-state index contributed by atoms with van der Waals surface area (Å²) in [5.41, 5.74) is 4.20. The van der Waals surface area contributed by atoms with Crippen molar-refractivity contribution in [3.8, 4) is 17.2 Å². The minimum atomic E-state index is -0.110. The number of fused-ring (bicyclic) bond motifs is 1. The summed E-state index contributed by atoms with van der Waals surface area (Å²) < 4.78 is 13.2. The summed E-state index contributed by atoms with van der Waals surface area (Å²) >= 11 is 0. The maximum Gasteiger partial charge on any atom is 0.251 e. The molecular weight excluding hydrogens is 404 g/mol. The third-order valence-electron chi connectivity index (χ3n) is 5.02. The molecule has 0 aliphatic heterocycles. The number of carbonyl (C=O) groups is 1. The lowest BCUT2D eigenvalue weighted by Crippen LogP contribution is -2.25. The van der Waals surface area contributed by atoms with E-state index in [0.29, 0.717) is 31.7 Å². The number of rotatable bonds is 9. The molecule has 2 aromatic heterocycles. The van der Waals surface area contributed by atoms with Crippen LogP contribution >= 0.6 is 0 Å². The Bertz CT molecular complexity index is 1200. The molecule has 4 aromatic rings. The first-order valence-electron chi connectivity index (χ1n) is 10.7. The number of nitrogens with zero attached hydrogens (tertiary/aromatic N) is 3. The summed E-state index contributed by atoms with van der Waals surface area (Å²) in [5.74, 6) is 1.36. The summed E-state index contributed by atoms with van der Waals surface area (Å²) in [5, 5.41) is 2.98. The predicted octanol–water partition coefficient (Wildman–Crippen LogP) is 4.19. The molecule has 0 spiro atoms. The molecule has 0 unspecified atom stereocenters. The molecule has 0 fully saturated rings. The first kappa shape index (κ1) is 21.4. The number of pyridine rings is 1. The maximum absolute atomic E-state index is 12.6. The fraction of sp³-hybridized carbons (Fsp3) is 0.240. The number of hydrogen-bond acceptors (Lipinski definition) is 5. The molecule has 0 radical (unpaired) electrons. The van der Waals surface area contributed by atoms with Gasteiger partial charge in [0, 0.05) is 24.0 Å². The van der Waals surface area contributed by atoms with Gasteiger partial charge in [-0.3, -0.25) is 9.36 Å². The van der Waals surface area contributed by atoms with Crippen LogP contribution in [0.3, 0.4) is 0 Å². The van der Waals surface area contributed by atoms with Gasteiger partial charge >= 0.3 is 0 Å². The van der Waals surface area contributed by atoms with Crippen molar-refractivity contribution in [2.45, 2.75) is 20.3 Å². The van der Waals surface area contributed by atoms with Crippen LogP contribution in [-0.4, -0.2) is 40.2 Å². The Morgan fingerprint density at radius 2 is 1.75 bits per heavy atom. The first-order valence-corrected chi connectivity index (χ1v) is 10.7. The Balaban J connectivity index is 1.37. The predicted molar refractivity (Wildman–Crippen MR) is 124 cm³/mol. The van der Waals surface area contributed by atoms with Gasteiger partial charge in [0.15, 0.2) is 17.1 Å². The zero-order valence-electron chi connectivity index (χ0n) is 18.2. The van der Waals surface area contributed by atoms with Crippen molar-refractivity contribution >= 4 is 17.1 Å². The Morgan fingerprint density at radius 3 is 2.53 bits per heavy atom. The van der Waals surface area contributed by atoms with Crippen LogP contribution in [0.25, 0.3) is 16.9 Å². The van der Waals surface area contributed by atoms with Gasteiger partial charge in [-0.15, -0.1) is 0 Å². The number of aromatic nitrogens is 3. The highest BCUT2D eigenvalue weighted by molar-refractivity contribution is 5.94. The molecule has 32 heavy (non-hydrogen) atoms. The lowest BCUT2D eigenvalue weighted by molar-refractivity contribution is 0.0954. The van der Waals surface area contributed by atoms with Gasteiger partial charge in [-0.2, -0.15) is 0 Å². The average molecular weight is 431 g/mol. The summed E-state index contributed by atoms with van der Waals surface area (Å²) in [4.78, 5) is 21.3. The van der Waals surface area contributed by atoms with Crippen LogP contribution in [0.2, 0.25) is 0 Å². The second-order valence-corrected chi connectivity index (χ2v) is 7.16. The third-order valence-corrected chi connectivity index (χ3v) is 5.02. The fourth-order valence-electron chi connectivity index (χ4n) is 3.49. The van der Waals surface area contributed by atoms with Crippen LogP contribution < -0.4 is 14.8 Å². The standard InChI is InChI=1S/C25H26N4O3/c1-3-31-22-12-7-18(16-23(22)32-4-2)13-15-27-25(30)19-8-10-20(11-9-19)29-17-28-21-6-5-14-26-24(21)29/h5-12,14,16-17H,3-4,13,15H2,1-2H3,(H,27,30). The summed E-state index contributed by atoms with van der Waals surface area (Å²) in [6.45, 7) is 5.57. The van der Waals surface area contributed by atoms with Gasteiger partial charge in [0.2, 0.25) is 0 Å². The van der Waals surface area contributed by atoms with Crippen molar-refractivity contribution in [2.75, 3.05) is 19.8 Å². The highest BCUT2D eigenvalue weighted by atomic mass is 16.5. The number of carbonyl (C=O) groups excluding carboxylic acids is 1. The number of benzene rings is 2. The average Bonchev–Trinajstić information content (AvgIpc) is 3.25. The number of nitrogens with one attached hydrogen (secondary N) is 1. The van der Waals surface area contributed by atoms with E-state index in [9.17, 15) is 4.79 Å². The monoisotopic (exact) mass is 430 g/mol. The van der Waals surface area contributed by atoms with Crippen LogP contribution in [0.5, 0.6) is 11.5 Å². The van der Waals surface area contributed by atoms with E-state index in [1.54, 1.807) is 12.5 Å². The molecule has 0 aliphatic rings. The van der Waals surface area contributed by atoms with Gasteiger partial charge in [-0.25, -0.2) is 9.97 Å². The van der Waals surface area contributed by atoms with Gasteiger partial charge in [0.05, 0.1) is 13.2 Å². The summed E-state index contributed by atoms with van der Waals surface area (Å²) in [6, 6.07) is 17.1. The number of imidazole rings is 1. The van der Waals surface area contributed by atoms with Gasteiger partial charge in [0.25, 0.3) is 5.91 Å². The van der Waals surface area contributed by atoms with Crippen molar-refractivity contribution in [1.29, 1.82) is 0 Å². The first-order chi connectivity index (χ1) is 15.7. The van der Waals surface area contributed by atoms with E-state index in [0.717, 1.165) is 33.9 Å². The molecule has 1 N–H and O–H groups in total. The largest absolute Gasteiger partial charge is 0.490 e. The van der Waals surface area contributed by atoms with Crippen LogP contribution in [0.1, 0.15) is 29.8 Å². The molecule has 0 saturated heterocycles. The number of hydrogen-bond donors (Lipinski definition) is 1. The minimum Gasteiger partial charge on any atom is -0.490 e. The van der Waals surface area contributed by atoms with E-state index in [4.69, 9.17) is 9.47 Å². The van der Waals surface area contributed by atoms with E-state index in [-0.39, 0.29) is 5.91 Å². The van der Waals surface area contributed by atoms with Gasteiger partial charge in [-0.05, 0) is 74.4 Å². The second kappa shape index (κ2) is 9.96. The molecule has 0 atom stereocenters. The van der Waals surface area contributed by atoms with Crippen molar-refractivity contribution in [3.05, 3.63) is 78.2 Å². The lowest BCUT2D eigenvalue weighted by atomic mass is 10.1. The molecule has 1 amide bonds. The van der Waals surface area contributed by atoms with Gasteiger partial charge < -0.3 is 14.8 Å². The molecule has 2 heterocycles. The Labute approximate surface area is 187 Å². The van der Waals surface area contributed by atoms with E-state index in [1.807, 2.05) is 73.0 Å². The highest BCUT2D eigenvalue weighted by Crippen LogP contribution is 2.28. The second-order valence-electron chi connectivity index (χ2n) is 7.16. The quantitative estimate of drug-likeness (QED) is 0.431. The van der Waals surface area contributed by atoms with E-state index < -0.39 is 0 Å². The molecule has 7 nitrogen and oxygen atoms in total. The van der Waals surface area contributed by atoms with Crippen LogP contribution in [0, 0.1) is 0 Å². The molecular formula is C25H26N4O3. The van der Waals surface area contributed by atoms with Gasteiger partial charge in [-0.1, -0.05) is 6.07 Å². The van der Waals surface area contributed by atoms with Crippen LogP contribution in [0.15, 0.2) is 67.1 Å². The molecule has 4 rings (SSSR count). The molecule has 2 aromatic carbocycles. The normalized spacial score (nSPS) is 10.8. The van der Waals surface area contributed by atoms with Gasteiger partial charge in [0.1, 0.15) is 11.8 Å². The van der Waals surface area contributed by atoms with E-state index in [2.05, 4.69) is 15.3 Å². The van der Waals surface area contributed by atoms with Crippen molar-refractivity contribution in [2.24, 2.45) is 0 Å². The van der Waals surface area contributed by atoms with Crippen molar-refractivity contribution in [1.82, 2.24) is 19.9 Å². The fourth-order valence-corrected chi connectivity index (χ4v) is 3.49. The smallest absolute Gasteiger partial charge is 0.251 e. The Kier molecular flexibility index (Phi) is 6.65. The maximum atomic E-state index is 12.6. The van der Waals surface area contributed by atoms with E-state index >= 15 is 0 Å². The van der Waals surface area contributed by atoms with Crippen molar-refractivity contribution in [3.63, 3.8) is 0 Å². The lowest BCUT2D eigenvalue weighted by Gasteiger charge is -2.13. The van der Waals surface area contributed by atoms with Crippen LogP contribution in [0.4, 0.5) is 0 Å². The molecule has 0 bridgehead atoms. The molecule has 0 saturated carbocycles. The van der Waals surface area contributed by atoms with E-state index in [1.165, 1.54) is 0 Å². The molecule has 0 aliphatic carbocycles. The SMILES string of the molecule is CCOc1ccc(CCNC(=O)c2ccc(-n3cnc4cccnc43)cc2)cc1OCC. The summed E-state index contributed by atoms with van der Waals surface area (Å²) in [6.07, 6.45) is 4.17. The minimum absolute atomic E-state index is 0.110. The van der Waals surface area contributed by atoms with Crippen LogP contribution in [-0.2, 0) is 6.42 Å². The number of amides is 1. The zero-order valence-corrected chi connectivity index (χ0v) is 18.2. The number of ether oxygens (including phenoxy) is 2. The highest BCUT2D eigenvalue weighted by Gasteiger charge is 2.10.